The minimum atomic E-state index is 0.638. The number of piperidine rings is 1. The van der Waals surface area contributed by atoms with E-state index in [1.807, 2.05) is 12.3 Å². The molecule has 0 radical (unpaired) electrons. The summed E-state index contributed by atoms with van der Waals surface area (Å²) in [7, 11) is 1.78. The maximum absolute atomic E-state index is 5.27. The van der Waals surface area contributed by atoms with E-state index >= 15 is 0 Å². The lowest BCUT2D eigenvalue weighted by atomic mass is 9.98. The van der Waals surface area contributed by atoms with Crippen molar-refractivity contribution in [3.05, 3.63) is 23.9 Å². The Morgan fingerprint density at radius 1 is 1.59 bits per heavy atom. The van der Waals surface area contributed by atoms with Gasteiger partial charge >= 0.3 is 0 Å². The Bertz CT molecular complexity index is 357. The zero-order chi connectivity index (χ0) is 12.1. The maximum atomic E-state index is 5.27. The molecule has 0 aromatic carbocycles. The van der Waals surface area contributed by atoms with Crippen molar-refractivity contribution in [2.45, 2.75) is 18.2 Å². The Kier molecular flexibility index (Phi) is 4.80. The highest BCUT2D eigenvalue weighted by atomic mass is 79.9. The third-order valence-electron chi connectivity index (χ3n) is 3.23. The standard InChI is InChI=1S/C13H19BrN2O/c1-17-10-11-4-3-7-16(9-11)13-12(8-14)5-2-6-15-13/h2,5-6,11H,3-4,7-10H2,1H3. The SMILES string of the molecule is COCC1CCCN(c2ncccc2CBr)C1. The van der Waals surface area contributed by atoms with Crippen LogP contribution in [0.4, 0.5) is 5.82 Å². The van der Waals surface area contributed by atoms with Crippen LogP contribution in [0, 0.1) is 5.92 Å². The summed E-state index contributed by atoms with van der Waals surface area (Å²) in [5.74, 6) is 1.77. The predicted octanol–water partition coefficient (Wildman–Crippen LogP) is 2.84. The van der Waals surface area contributed by atoms with Gasteiger partial charge in [-0.15, -0.1) is 0 Å². The van der Waals surface area contributed by atoms with Crippen molar-refractivity contribution < 1.29 is 4.74 Å². The second-order valence-corrected chi connectivity index (χ2v) is 5.09. The van der Waals surface area contributed by atoms with Crippen LogP contribution < -0.4 is 4.90 Å². The van der Waals surface area contributed by atoms with Gasteiger partial charge in [-0.3, -0.25) is 0 Å². The number of nitrogens with zero attached hydrogens (tertiary/aromatic N) is 2. The molecule has 4 heteroatoms. The van der Waals surface area contributed by atoms with Crippen LogP contribution in [0.3, 0.4) is 0 Å². The molecule has 3 nitrogen and oxygen atoms in total. The molecule has 0 N–H and O–H groups in total. The van der Waals surface area contributed by atoms with E-state index in [0.29, 0.717) is 5.92 Å². The van der Waals surface area contributed by atoms with E-state index in [1.165, 1.54) is 18.4 Å². The van der Waals surface area contributed by atoms with Crippen LogP contribution in [0.2, 0.25) is 0 Å². The molecule has 0 saturated carbocycles. The van der Waals surface area contributed by atoms with Crippen molar-refractivity contribution in [3.63, 3.8) is 0 Å². The third-order valence-corrected chi connectivity index (χ3v) is 3.84. The number of hydrogen-bond donors (Lipinski definition) is 0. The fourth-order valence-corrected chi connectivity index (χ4v) is 2.89. The Hall–Kier alpha value is -0.610. The number of anilines is 1. The van der Waals surface area contributed by atoms with Crippen molar-refractivity contribution in [2.75, 3.05) is 31.7 Å². The van der Waals surface area contributed by atoms with E-state index in [1.54, 1.807) is 7.11 Å². The molecule has 0 aliphatic carbocycles. The molecule has 1 atom stereocenters. The maximum Gasteiger partial charge on any atom is 0.132 e. The molecule has 1 aromatic rings. The molecule has 1 aromatic heterocycles. The summed E-state index contributed by atoms with van der Waals surface area (Å²) in [6.45, 7) is 3.02. The summed E-state index contributed by atoms with van der Waals surface area (Å²) in [4.78, 5) is 6.92. The third kappa shape index (κ3) is 3.19. The van der Waals surface area contributed by atoms with E-state index in [-0.39, 0.29) is 0 Å². The number of pyridine rings is 1. The van der Waals surface area contributed by atoms with Gasteiger partial charge in [-0.1, -0.05) is 22.0 Å². The molecular weight excluding hydrogens is 280 g/mol. The van der Waals surface area contributed by atoms with E-state index in [4.69, 9.17) is 4.74 Å². The second-order valence-electron chi connectivity index (χ2n) is 4.53. The van der Waals surface area contributed by atoms with E-state index < -0.39 is 0 Å². The molecule has 0 spiro atoms. The van der Waals surface area contributed by atoms with E-state index in [0.717, 1.165) is 30.8 Å². The molecule has 1 aliphatic heterocycles. The monoisotopic (exact) mass is 298 g/mol. The molecule has 1 unspecified atom stereocenters. The van der Waals surface area contributed by atoms with Gasteiger partial charge in [-0.25, -0.2) is 4.98 Å². The van der Waals surface area contributed by atoms with Crippen LogP contribution in [-0.2, 0) is 10.1 Å². The summed E-state index contributed by atoms with van der Waals surface area (Å²) >= 11 is 3.53. The molecular formula is C13H19BrN2O. The highest BCUT2D eigenvalue weighted by Gasteiger charge is 2.22. The van der Waals surface area contributed by atoms with Gasteiger partial charge in [0.25, 0.3) is 0 Å². The average Bonchev–Trinajstić information content (AvgIpc) is 2.39. The molecule has 1 aliphatic rings. The zero-order valence-electron chi connectivity index (χ0n) is 10.2. The summed E-state index contributed by atoms with van der Waals surface area (Å²) in [5.41, 5.74) is 1.27. The number of methoxy groups -OCH3 is 1. The number of ether oxygens (including phenoxy) is 1. The summed E-state index contributed by atoms with van der Waals surface area (Å²) in [6, 6.07) is 4.13. The predicted molar refractivity (Wildman–Crippen MR) is 73.7 cm³/mol. The van der Waals surface area contributed by atoms with Crippen molar-refractivity contribution in [2.24, 2.45) is 5.92 Å². The van der Waals surface area contributed by atoms with Crippen LogP contribution in [0.15, 0.2) is 18.3 Å². The average molecular weight is 299 g/mol. The lowest BCUT2D eigenvalue weighted by molar-refractivity contribution is 0.143. The summed E-state index contributed by atoms with van der Waals surface area (Å²) in [5, 5.41) is 0.863. The van der Waals surface area contributed by atoms with Gasteiger partial charge in [0.15, 0.2) is 0 Å². The molecule has 1 fully saturated rings. The Balaban J connectivity index is 2.10. The quantitative estimate of drug-likeness (QED) is 0.799. The molecule has 0 bridgehead atoms. The summed E-state index contributed by atoms with van der Waals surface area (Å²) in [6.07, 6.45) is 4.37. The van der Waals surface area contributed by atoms with Crippen molar-refractivity contribution in [1.29, 1.82) is 0 Å². The van der Waals surface area contributed by atoms with Gasteiger partial charge < -0.3 is 9.64 Å². The fourth-order valence-electron chi connectivity index (χ4n) is 2.45. The van der Waals surface area contributed by atoms with Gasteiger partial charge in [0.05, 0.1) is 6.61 Å². The summed E-state index contributed by atoms with van der Waals surface area (Å²) < 4.78 is 5.27. The van der Waals surface area contributed by atoms with Gasteiger partial charge in [-0.2, -0.15) is 0 Å². The first kappa shape index (κ1) is 12.8. The van der Waals surface area contributed by atoms with Gasteiger partial charge in [0, 0.05) is 37.3 Å². The van der Waals surface area contributed by atoms with Crippen molar-refractivity contribution in [3.8, 4) is 0 Å². The Labute approximate surface area is 111 Å². The smallest absolute Gasteiger partial charge is 0.132 e. The molecule has 2 heterocycles. The first-order valence-electron chi connectivity index (χ1n) is 6.09. The lowest BCUT2D eigenvalue weighted by Gasteiger charge is -2.34. The topological polar surface area (TPSA) is 25.4 Å². The van der Waals surface area contributed by atoms with Crippen LogP contribution in [-0.4, -0.2) is 31.8 Å². The van der Waals surface area contributed by atoms with Crippen LogP contribution in [0.25, 0.3) is 0 Å². The highest BCUT2D eigenvalue weighted by molar-refractivity contribution is 9.08. The number of rotatable bonds is 4. The number of halogens is 1. The van der Waals surface area contributed by atoms with E-state index in [2.05, 4.69) is 31.9 Å². The van der Waals surface area contributed by atoms with Gasteiger partial charge in [0.1, 0.15) is 5.82 Å². The minimum absolute atomic E-state index is 0.638. The normalized spacial score (nSPS) is 20.6. The van der Waals surface area contributed by atoms with Crippen LogP contribution >= 0.6 is 15.9 Å². The van der Waals surface area contributed by atoms with Crippen molar-refractivity contribution >= 4 is 21.7 Å². The number of alkyl halides is 1. The van der Waals surface area contributed by atoms with Crippen LogP contribution in [0.5, 0.6) is 0 Å². The molecule has 94 valence electrons. The van der Waals surface area contributed by atoms with Crippen molar-refractivity contribution in [1.82, 2.24) is 4.98 Å². The second kappa shape index (κ2) is 6.36. The largest absolute Gasteiger partial charge is 0.384 e. The number of hydrogen-bond acceptors (Lipinski definition) is 3. The molecule has 17 heavy (non-hydrogen) atoms. The molecule has 0 amide bonds. The Morgan fingerprint density at radius 2 is 2.47 bits per heavy atom. The van der Waals surface area contributed by atoms with Gasteiger partial charge in [-0.05, 0) is 24.8 Å². The molecule has 2 rings (SSSR count). The highest BCUT2D eigenvalue weighted by Crippen LogP contribution is 2.25. The lowest BCUT2D eigenvalue weighted by Crippen LogP contribution is -2.38. The first-order valence-corrected chi connectivity index (χ1v) is 7.21. The number of aromatic nitrogens is 1. The van der Waals surface area contributed by atoms with Crippen LogP contribution in [0.1, 0.15) is 18.4 Å². The minimum Gasteiger partial charge on any atom is -0.384 e. The Morgan fingerprint density at radius 3 is 3.24 bits per heavy atom. The zero-order valence-corrected chi connectivity index (χ0v) is 11.8. The first-order chi connectivity index (χ1) is 8.35. The van der Waals surface area contributed by atoms with Gasteiger partial charge in [0.2, 0.25) is 0 Å². The fraction of sp³-hybridized carbons (Fsp3) is 0.615. The molecule has 1 saturated heterocycles. The van der Waals surface area contributed by atoms with E-state index in [9.17, 15) is 0 Å².